The molecule has 1 nitrogen and oxygen atoms in total. The van der Waals surface area contributed by atoms with Crippen molar-refractivity contribution in [2.24, 2.45) is 0 Å². The first-order valence-electron chi connectivity index (χ1n) is 5.18. The third-order valence-corrected chi connectivity index (χ3v) is 2.79. The van der Waals surface area contributed by atoms with Gasteiger partial charge in [-0.25, -0.2) is 0 Å². The van der Waals surface area contributed by atoms with Gasteiger partial charge in [0.25, 0.3) is 0 Å². The predicted molar refractivity (Wildman–Crippen MR) is 63.0 cm³/mol. The van der Waals surface area contributed by atoms with Crippen LogP contribution < -0.4 is 5.32 Å². The molecule has 0 radical (unpaired) electrons. The maximum Gasteiger partial charge on any atom is 0.0408 e. The molecule has 0 heterocycles. The Bertz CT molecular complexity index is 273. The quantitative estimate of drug-likeness (QED) is 0.787. The molecule has 78 valence electrons. The molecule has 2 heteroatoms. The molecule has 0 spiro atoms. The molecule has 0 bridgehead atoms. The Morgan fingerprint density at radius 1 is 1.43 bits per heavy atom. The summed E-state index contributed by atoms with van der Waals surface area (Å²) < 4.78 is 0. The maximum atomic E-state index is 5.96. The normalized spacial score (nSPS) is 12.8. The molecular weight excluding hydrogens is 194 g/mol. The van der Waals surface area contributed by atoms with Crippen LogP contribution in [0.15, 0.2) is 24.3 Å². The van der Waals surface area contributed by atoms with Crippen molar-refractivity contribution in [1.82, 2.24) is 5.32 Å². The van der Waals surface area contributed by atoms with Crippen LogP contribution in [0.1, 0.15) is 31.2 Å². The Morgan fingerprint density at radius 2 is 2.21 bits per heavy atom. The largest absolute Gasteiger partial charge is 0.320 e. The Labute approximate surface area is 91.5 Å². The Hall–Kier alpha value is -0.530. The predicted octanol–water partition coefficient (Wildman–Crippen LogP) is 3.44. The maximum absolute atomic E-state index is 5.96. The van der Waals surface area contributed by atoms with Gasteiger partial charge in [0.15, 0.2) is 0 Å². The van der Waals surface area contributed by atoms with Crippen LogP contribution in [0, 0.1) is 0 Å². The van der Waals surface area contributed by atoms with Crippen molar-refractivity contribution in [2.45, 2.75) is 25.7 Å². The molecule has 1 aromatic rings. The monoisotopic (exact) mass is 211 g/mol. The standard InChI is InChI=1S/C12H18ClN/c1-3-10(7-8-14-2)11-5-4-6-12(13)9-11/h4-6,9-10,14H,3,7-8H2,1-2H3. The van der Waals surface area contributed by atoms with Gasteiger partial charge in [0.05, 0.1) is 0 Å². The highest BCUT2D eigenvalue weighted by molar-refractivity contribution is 6.30. The molecule has 1 N–H and O–H groups in total. The van der Waals surface area contributed by atoms with Gasteiger partial charge < -0.3 is 5.32 Å². The van der Waals surface area contributed by atoms with Crippen LogP contribution in [-0.4, -0.2) is 13.6 Å². The minimum atomic E-state index is 0.626. The van der Waals surface area contributed by atoms with Crippen molar-refractivity contribution in [1.29, 1.82) is 0 Å². The van der Waals surface area contributed by atoms with Gasteiger partial charge in [-0.3, -0.25) is 0 Å². The van der Waals surface area contributed by atoms with Crippen LogP contribution in [0.4, 0.5) is 0 Å². The lowest BCUT2D eigenvalue weighted by atomic mass is 9.93. The van der Waals surface area contributed by atoms with E-state index in [0.717, 1.165) is 11.6 Å². The lowest BCUT2D eigenvalue weighted by Crippen LogP contribution is -2.11. The van der Waals surface area contributed by atoms with Gasteiger partial charge in [0.1, 0.15) is 0 Å². The molecule has 1 aromatic carbocycles. The van der Waals surface area contributed by atoms with Crippen molar-refractivity contribution in [3.05, 3.63) is 34.9 Å². The molecule has 0 aliphatic heterocycles. The highest BCUT2D eigenvalue weighted by Gasteiger charge is 2.08. The summed E-state index contributed by atoms with van der Waals surface area (Å²) in [6.07, 6.45) is 2.34. The Morgan fingerprint density at radius 3 is 2.79 bits per heavy atom. The second kappa shape index (κ2) is 6.05. The van der Waals surface area contributed by atoms with E-state index < -0.39 is 0 Å². The minimum absolute atomic E-state index is 0.626. The zero-order valence-corrected chi connectivity index (χ0v) is 9.64. The molecule has 0 saturated heterocycles. The van der Waals surface area contributed by atoms with Crippen molar-refractivity contribution < 1.29 is 0 Å². The summed E-state index contributed by atoms with van der Waals surface area (Å²) in [6.45, 7) is 3.28. The number of benzene rings is 1. The molecule has 0 aliphatic carbocycles. The smallest absolute Gasteiger partial charge is 0.0408 e. The summed E-state index contributed by atoms with van der Waals surface area (Å²) in [7, 11) is 1.99. The van der Waals surface area contributed by atoms with E-state index in [1.165, 1.54) is 18.4 Å². The van der Waals surface area contributed by atoms with Gasteiger partial charge in [-0.2, -0.15) is 0 Å². The number of halogens is 1. The second-order valence-corrected chi connectivity index (χ2v) is 3.99. The summed E-state index contributed by atoms with van der Waals surface area (Å²) in [6, 6.07) is 8.19. The number of hydrogen-bond acceptors (Lipinski definition) is 1. The molecule has 1 unspecified atom stereocenters. The minimum Gasteiger partial charge on any atom is -0.320 e. The average molecular weight is 212 g/mol. The number of nitrogens with one attached hydrogen (secondary N) is 1. The van der Waals surface area contributed by atoms with Crippen molar-refractivity contribution in [3.8, 4) is 0 Å². The average Bonchev–Trinajstić information content (AvgIpc) is 2.19. The fraction of sp³-hybridized carbons (Fsp3) is 0.500. The van der Waals surface area contributed by atoms with Crippen LogP contribution in [0.3, 0.4) is 0 Å². The van der Waals surface area contributed by atoms with Crippen molar-refractivity contribution in [2.75, 3.05) is 13.6 Å². The van der Waals surface area contributed by atoms with Gasteiger partial charge in [-0.05, 0) is 50.0 Å². The molecule has 0 saturated carbocycles. The molecule has 0 fully saturated rings. The van der Waals surface area contributed by atoms with E-state index in [4.69, 9.17) is 11.6 Å². The summed E-state index contributed by atoms with van der Waals surface area (Å²) in [5, 5.41) is 4.02. The van der Waals surface area contributed by atoms with Gasteiger partial charge in [-0.1, -0.05) is 30.7 Å². The van der Waals surface area contributed by atoms with Crippen LogP contribution in [0.2, 0.25) is 5.02 Å². The summed E-state index contributed by atoms with van der Waals surface area (Å²) in [5.41, 5.74) is 1.36. The molecule has 0 amide bonds. The number of hydrogen-bond donors (Lipinski definition) is 1. The third kappa shape index (κ3) is 3.32. The van der Waals surface area contributed by atoms with E-state index in [-0.39, 0.29) is 0 Å². The highest BCUT2D eigenvalue weighted by atomic mass is 35.5. The lowest BCUT2D eigenvalue weighted by molar-refractivity contribution is 0.581. The first kappa shape index (κ1) is 11.5. The SMILES string of the molecule is CCC(CCNC)c1cccc(Cl)c1. The van der Waals surface area contributed by atoms with E-state index in [1.54, 1.807) is 0 Å². The van der Waals surface area contributed by atoms with Gasteiger partial charge >= 0.3 is 0 Å². The zero-order valence-electron chi connectivity index (χ0n) is 8.89. The topological polar surface area (TPSA) is 12.0 Å². The Balaban J connectivity index is 2.68. The van der Waals surface area contributed by atoms with Crippen LogP contribution in [0.5, 0.6) is 0 Å². The van der Waals surface area contributed by atoms with Gasteiger partial charge in [0, 0.05) is 5.02 Å². The van der Waals surface area contributed by atoms with E-state index in [2.05, 4.69) is 24.4 Å². The van der Waals surface area contributed by atoms with Crippen LogP contribution in [0.25, 0.3) is 0 Å². The molecule has 0 aromatic heterocycles. The zero-order chi connectivity index (χ0) is 10.4. The molecule has 1 rings (SSSR count). The van der Waals surface area contributed by atoms with Crippen molar-refractivity contribution >= 4 is 11.6 Å². The van der Waals surface area contributed by atoms with Crippen molar-refractivity contribution in [3.63, 3.8) is 0 Å². The third-order valence-electron chi connectivity index (χ3n) is 2.56. The van der Waals surface area contributed by atoms with E-state index in [9.17, 15) is 0 Å². The fourth-order valence-electron chi connectivity index (χ4n) is 1.69. The number of rotatable bonds is 5. The molecule has 1 atom stereocenters. The molecule has 0 aliphatic rings. The summed E-state index contributed by atoms with van der Waals surface area (Å²) >= 11 is 5.96. The van der Waals surface area contributed by atoms with E-state index in [1.807, 2.05) is 19.2 Å². The van der Waals surface area contributed by atoms with E-state index in [0.29, 0.717) is 5.92 Å². The summed E-state index contributed by atoms with van der Waals surface area (Å²) in [5.74, 6) is 0.626. The highest BCUT2D eigenvalue weighted by Crippen LogP contribution is 2.24. The molecular formula is C12H18ClN. The van der Waals surface area contributed by atoms with Crippen LogP contribution >= 0.6 is 11.6 Å². The fourth-order valence-corrected chi connectivity index (χ4v) is 1.88. The Kier molecular flexibility index (Phi) is 4.99. The second-order valence-electron chi connectivity index (χ2n) is 3.55. The lowest BCUT2D eigenvalue weighted by Gasteiger charge is -2.15. The van der Waals surface area contributed by atoms with Gasteiger partial charge in [0.2, 0.25) is 0 Å². The first-order chi connectivity index (χ1) is 6.77. The molecule has 14 heavy (non-hydrogen) atoms. The van der Waals surface area contributed by atoms with Gasteiger partial charge in [-0.15, -0.1) is 0 Å². The summed E-state index contributed by atoms with van der Waals surface area (Å²) in [4.78, 5) is 0. The van der Waals surface area contributed by atoms with Crippen LogP contribution in [-0.2, 0) is 0 Å². The first-order valence-corrected chi connectivity index (χ1v) is 5.55. The van der Waals surface area contributed by atoms with E-state index >= 15 is 0 Å².